The first-order valence-corrected chi connectivity index (χ1v) is 15.8. The van der Waals surface area contributed by atoms with Crippen LogP contribution in [-0.2, 0) is 9.59 Å². The number of hydrogen-bond acceptors (Lipinski definition) is 6. The summed E-state index contributed by atoms with van der Waals surface area (Å²) in [5, 5.41) is 7.25. The molecule has 42 heavy (non-hydrogen) atoms. The molecule has 6 nitrogen and oxygen atoms in total. The number of benzene rings is 4. The van der Waals surface area contributed by atoms with E-state index in [-0.39, 0.29) is 11.8 Å². The molecule has 0 radical (unpaired) electrons. The topological polar surface area (TPSA) is 76.7 Å². The highest BCUT2D eigenvalue weighted by molar-refractivity contribution is 7.99. The third-order valence-corrected chi connectivity index (χ3v) is 8.64. The average Bonchev–Trinajstić information content (AvgIpc) is 2.99. The molecule has 0 spiro atoms. The number of carbonyl (C=O) groups is 2. The molecule has 0 unspecified atom stereocenters. The summed E-state index contributed by atoms with van der Waals surface area (Å²) in [6.45, 7) is 0. The molecule has 218 valence electrons. The second-order valence-corrected chi connectivity index (χ2v) is 12.2. The lowest BCUT2D eigenvalue weighted by Crippen LogP contribution is -2.13. The van der Waals surface area contributed by atoms with Gasteiger partial charge in [0.25, 0.3) is 0 Å². The van der Waals surface area contributed by atoms with Crippen molar-refractivity contribution >= 4 is 69.9 Å². The average molecular weight is 642 g/mol. The van der Waals surface area contributed by atoms with E-state index in [1.54, 1.807) is 37.7 Å². The largest absolute Gasteiger partial charge is 0.495 e. The first kappa shape index (κ1) is 31.6. The van der Waals surface area contributed by atoms with E-state index in [2.05, 4.69) is 10.6 Å². The number of rotatable bonds is 13. The molecule has 0 saturated heterocycles. The Labute approximate surface area is 264 Å². The van der Waals surface area contributed by atoms with Gasteiger partial charge in [0.05, 0.1) is 25.6 Å². The third-order valence-electron chi connectivity index (χ3n) is 6.11. The second-order valence-electron chi connectivity index (χ2n) is 9.03. The SMILES string of the molecule is COc1cc(-c2ccc(NC(=O)CCSc3ccc(Cl)cc3)c(OC)c2)ccc1NC(=O)CCSc1ccc(Cl)cc1. The maximum Gasteiger partial charge on any atom is 0.225 e. The van der Waals surface area contributed by atoms with Crippen LogP contribution in [-0.4, -0.2) is 37.5 Å². The van der Waals surface area contributed by atoms with Crippen molar-refractivity contribution in [3.8, 4) is 22.6 Å². The standard InChI is InChI=1S/C32H30Cl2N2O4S2/c1-39-29-19-21(3-13-27(29)35-31(37)15-17-41-25-9-5-23(33)6-10-25)22-4-14-28(30(20-22)40-2)36-32(38)16-18-42-26-11-7-24(34)8-12-26/h3-14,19-20H,15-18H2,1-2H3,(H,35,37)(H,36,38). The van der Waals surface area contributed by atoms with Crippen molar-refractivity contribution in [3.63, 3.8) is 0 Å². The molecule has 2 amide bonds. The molecular weight excluding hydrogens is 611 g/mol. The highest BCUT2D eigenvalue weighted by atomic mass is 35.5. The first-order valence-electron chi connectivity index (χ1n) is 13.1. The molecule has 0 aliphatic rings. The number of amides is 2. The molecule has 0 aromatic heterocycles. The lowest BCUT2D eigenvalue weighted by Gasteiger charge is -2.14. The molecule has 4 aromatic carbocycles. The van der Waals surface area contributed by atoms with Gasteiger partial charge in [-0.2, -0.15) is 0 Å². The Morgan fingerprint density at radius 3 is 1.36 bits per heavy atom. The van der Waals surface area contributed by atoms with Crippen LogP contribution >= 0.6 is 46.7 Å². The first-order chi connectivity index (χ1) is 20.3. The third kappa shape index (κ3) is 9.36. The number of carbonyl (C=O) groups excluding carboxylic acids is 2. The Bertz CT molecular complexity index is 1400. The van der Waals surface area contributed by atoms with E-state index in [0.717, 1.165) is 20.9 Å². The number of nitrogens with one attached hydrogen (secondary N) is 2. The van der Waals surface area contributed by atoms with Crippen molar-refractivity contribution in [2.75, 3.05) is 36.4 Å². The van der Waals surface area contributed by atoms with Crippen LogP contribution in [0.4, 0.5) is 11.4 Å². The monoisotopic (exact) mass is 640 g/mol. The summed E-state index contributed by atoms with van der Waals surface area (Å²) in [4.78, 5) is 27.3. The van der Waals surface area contributed by atoms with Crippen molar-refractivity contribution < 1.29 is 19.1 Å². The highest BCUT2D eigenvalue weighted by Crippen LogP contribution is 2.35. The van der Waals surface area contributed by atoms with Gasteiger partial charge in [0.2, 0.25) is 11.8 Å². The lowest BCUT2D eigenvalue weighted by atomic mass is 10.0. The maximum atomic E-state index is 12.6. The van der Waals surface area contributed by atoms with Crippen LogP contribution in [0.3, 0.4) is 0 Å². The van der Waals surface area contributed by atoms with Crippen molar-refractivity contribution in [3.05, 3.63) is 95.0 Å². The minimum absolute atomic E-state index is 0.101. The van der Waals surface area contributed by atoms with E-state index in [1.165, 1.54) is 0 Å². The fourth-order valence-electron chi connectivity index (χ4n) is 3.96. The smallest absolute Gasteiger partial charge is 0.225 e. The Morgan fingerprint density at radius 1 is 0.619 bits per heavy atom. The summed E-state index contributed by atoms with van der Waals surface area (Å²) in [7, 11) is 3.13. The molecule has 4 rings (SSSR count). The van der Waals surface area contributed by atoms with Gasteiger partial charge >= 0.3 is 0 Å². The second kappa shape index (κ2) is 15.8. The van der Waals surface area contributed by atoms with E-state index >= 15 is 0 Å². The number of ether oxygens (including phenoxy) is 2. The number of hydrogen-bond donors (Lipinski definition) is 2. The maximum absolute atomic E-state index is 12.6. The highest BCUT2D eigenvalue weighted by Gasteiger charge is 2.13. The van der Waals surface area contributed by atoms with Gasteiger partial charge in [-0.1, -0.05) is 35.3 Å². The van der Waals surface area contributed by atoms with Crippen LogP contribution in [0.15, 0.2) is 94.7 Å². The van der Waals surface area contributed by atoms with Crippen LogP contribution in [0.2, 0.25) is 10.0 Å². The van der Waals surface area contributed by atoms with Gasteiger partial charge in [-0.3, -0.25) is 9.59 Å². The van der Waals surface area contributed by atoms with Crippen LogP contribution in [0.5, 0.6) is 11.5 Å². The summed E-state index contributed by atoms with van der Waals surface area (Å²) in [6.07, 6.45) is 0.699. The van der Waals surface area contributed by atoms with Crippen LogP contribution in [0.25, 0.3) is 11.1 Å². The number of thioether (sulfide) groups is 2. The minimum Gasteiger partial charge on any atom is -0.495 e. The molecule has 0 atom stereocenters. The summed E-state index contributed by atoms with van der Waals surface area (Å²) >= 11 is 15.1. The molecule has 2 N–H and O–H groups in total. The molecule has 4 aromatic rings. The fraction of sp³-hybridized carbons (Fsp3) is 0.188. The fourth-order valence-corrected chi connectivity index (χ4v) is 5.91. The molecule has 0 heterocycles. The Balaban J connectivity index is 1.33. The molecule has 0 bridgehead atoms. The summed E-state index contributed by atoms with van der Waals surface area (Å²) < 4.78 is 11.1. The van der Waals surface area contributed by atoms with E-state index in [4.69, 9.17) is 32.7 Å². The van der Waals surface area contributed by atoms with E-state index in [9.17, 15) is 9.59 Å². The molecule has 0 fully saturated rings. The van der Waals surface area contributed by atoms with Gasteiger partial charge in [0.1, 0.15) is 11.5 Å². The van der Waals surface area contributed by atoms with Gasteiger partial charge in [0.15, 0.2) is 0 Å². The number of halogens is 2. The van der Waals surface area contributed by atoms with Gasteiger partial charge in [0, 0.05) is 44.2 Å². The van der Waals surface area contributed by atoms with E-state index in [0.29, 0.717) is 57.3 Å². The molecule has 0 saturated carbocycles. The van der Waals surface area contributed by atoms with Gasteiger partial charge in [-0.05, 0) is 83.9 Å². The molecule has 0 aliphatic heterocycles. The normalized spacial score (nSPS) is 10.7. The van der Waals surface area contributed by atoms with Crippen molar-refractivity contribution in [2.45, 2.75) is 22.6 Å². The number of methoxy groups -OCH3 is 2. The minimum atomic E-state index is -0.101. The summed E-state index contributed by atoms with van der Waals surface area (Å²) in [5.41, 5.74) is 2.93. The van der Waals surface area contributed by atoms with E-state index in [1.807, 2.05) is 84.9 Å². The van der Waals surface area contributed by atoms with Crippen LogP contribution < -0.4 is 20.1 Å². The molecular formula is C32H30Cl2N2O4S2. The zero-order chi connectivity index (χ0) is 29.9. The molecule has 10 heteroatoms. The predicted octanol–water partition coefficient (Wildman–Crippen LogP) is 8.92. The quantitative estimate of drug-likeness (QED) is 0.142. The van der Waals surface area contributed by atoms with Crippen molar-refractivity contribution in [1.29, 1.82) is 0 Å². The van der Waals surface area contributed by atoms with Gasteiger partial charge < -0.3 is 20.1 Å². The lowest BCUT2D eigenvalue weighted by molar-refractivity contribution is -0.116. The predicted molar refractivity (Wildman–Crippen MR) is 176 cm³/mol. The molecule has 0 aliphatic carbocycles. The zero-order valence-corrected chi connectivity index (χ0v) is 26.3. The Hall–Kier alpha value is -3.30. The van der Waals surface area contributed by atoms with E-state index < -0.39 is 0 Å². The van der Waals surface area contributed by atoms with Crippen LogP contribution in [0.1, 0.15) is 12.8 Å². The summed E-state index contributed by atoms with van der Waals surface area (Å²) in [6, 6.07) is 26.2. The van der Waals surface area contributed by atoms with Gasteiger partial charge in [-0.25, -0.2) is 0 Å². The van der Waals surface area contributed by atoms with Crippen molar-refractivity contribution in [1.82, 2.24) is 0 Å². The number of anilines is 2. The van der Waals surface area contributed by atoms with Gasteiger partial charge in [-0.15, -0.1) is 23.5 Å². The Kier molecular flexibility index (Phi) is 11.9. The summed E-state index contributed by atoms with van der Waals surface area (Å²) in [5.74, 6) is 2.16. The zero-order valence-electron chi connectivity index (χ0n) is 23.1. The van der Waals surface area contributed by atoms with Crippen LogP contribution in [0, 0.1) is 0 Å². The van der Waals surface area contributed by atoms with Crippen molar-refractivity contribution in [2.24, 2.45) is 0 Å². The Morgan fingerprint density at radius 2 is 1.00 bits per heavy atom.